The summed E-state index contributed by atoms with van der Waals surface area (Å²) in [5, 5.41) is 10.8. The average Bonchev–Trinajstić information content (AvgIpc) is 2.48. The molecule has 0 unspecified atom stereocenters. The molecule has 110 valence electrons. The summed E-state index contributed by atoms with van der Waals surface area (Å²) in [6.45, 7) is 0.635. The lowest BCUT2D eigenvalue weighted by atomic mass is 10.1. The van der Waals surface area contributed by atoms with Gasteiger partial charge in [-0.25, -0.2) is 0 Å². The molecule has 3 rings (SSSR count). The highest BCUT2D eigenvalue weighted by Gasteiger charge is 2.26. The molecule has 1 amide bonds. The van der Waals surface area contributed by atoms with Gasteiger partial charge >= 0.3 is 5.97 Å². The first kappa shape index (κ1) is 13.8. The molecular weight excluding hydrogens is 294 g/mol. The number of fused-ring (bicyclic) bond motifs is 1. The van der Waals surface area contributed by atoms with Crippen LogP contribution in [0.3, 0.4) is 0 Å². The van der Waals surface area contributed by atoms with E-state index in [9.17, 15) is 9.59 Å². The smallest absolute Gasteiger partial charge is 0.323 e. The van der Waals surface area contributed by atoms with Gasteiger partial charge < -0.3 is 14.6 Å². The van der Waals surface area contributed by atoms with Crippen molar-refractivity contribution in [1.29, 1.82) is 0 Å². The number of carboxylic acids is 1. The van der Waals surface area contributed by atoms with Gasteiger partial charge in [0.1, 0.15) is 19.8 Å². The zero-order chi connectivity index (χ0) is 14.8. The fourth-order valence-electron chi connectivity index (χ4n) is 2.20. The zero-order valence-electron chi connectivity index (χ0n) is 11.1. The maximum atomic E-state index is 11.9. The highest BCUT2D eigenvalue weighted by atomic mass is 32.2. The van der Waals surface area contributed by atoms with E-state index in [1.807, 2.05) is 0 Å². The average molecular weight is 307 g/mol. The standard InChI is InChI=1S/C14H13NO5S/c16-13-8-21-7-10(15(13)6-14(17)18)9-1-2-11-12(5-9)20-4-3-19-11/h1-2,5,7H,3-4,6,8H2,(H,17,18). The molecule has 0 saturated heterocycles. The lowest BCUT2D eigenvalue weighted by Crippen LogP contribution is -2.37. The minimum absolute atomic E-state index is 0.213. The molecule has 0 radical (unpaired) electrons. The van der Waals surface area contributed by atoms with Gasteiger partial charge in [-0.15, -0.1) is 11.8 Å². The normalized spacial score (nSPS) is 17.4. The molecule has 0 fully saturated rings. The number of hydrogen-bond acceptors (Lipinski definition) is 5. The van der Waals surface area contributed by atoms with Gasteiger partial charge in [0.05, 0.1) is 11.4 Å². The lowest BCUT2D eigenvalue weighted by molar-refractivity contribution is -0.141. The molecule has 0 spiro atoms. The predicted molar refractivity (Wildman–Crippen MR) is 77.2 cm³/mol. The topological polar surface area (TPSA) is 76.1 Å². The Kier molecular flexibility index (Phi) is 3.74. The molecule has 7 heteroatoms. The molecule has 2 aliphatic rings. The van der Waals surface area contributed by atoms with Crippen molar-refractivity contribution in [2.75, 3.05) is 25.5 Å². The fraction of sp³-hybridized carbons (Fsp3) is 0.286. The van der Waals surface area contributed by atoms with E-state index >= 15 is 0 Å². The van der Waals surface area contributed by atoms with Crippen LogP contribution in [0.25, 0.3) is 5.70 Å². The molecule has 0 bridgehead atoms. The molecule has 0 aliphatic carbocycles. The van der Waals surface area contributed by atoms with E-state index in [0.717, 1.165) is 5.56 Å². The first-order valence-corrected chi connectivity index (χ1v) is 7.44. The summed E-state index contributed by atoms with van der Waals surface area (Å²) in [5.41, 5.74) is 1.32. The van der Waals surface area contributed by atoms with Gasteiger partial charge in [-0.2, -0.15) is 0 Å². The second-order valence-corrected chi connectivity index (χ2v) is 5.40. The summed E-state index contributed by atoms with van der Waals surface area (Å²) in [7, 11) is 0. The third-order valence-corrected chi connectivity index (χ3v) is 3.93. The van der Waals surface area contributed by atoms with Crippen molar-refractivity contribution in [3.05, 3.63) is 29.2 Å². The second kappa shape index (κ2) is 5.69. The Morgan fingerprint density at radius 2 is 2.05 bits per heavy atom. The highest BCUT2D eigenvalue weighted by Crippen LogP contribution is 2.35. The van der Waals surface area contributed by atoms with Crippen molar-refractivity contribution in [3.8, 4) is 11.5 Å². The van der Waals surface area contributed by atoms with E-state index < -0.39 is 5.97 Å². The molecule has 0 aromatic heterocycles. The van der Waals surface area contributed by atoms with Crippen molar-refractivity contribution in [1.82, 2.24) is 4.90 Å². The van der Waals surface area contributed by atoms with Gasteiger partial charge in [-0.1, -0.05) is 0 Å². The second-order valence-electron chi connectivity index (χ2n) is 4.55. The van der Waals surface area contributed by atoms with Crippen LogP contribution in [0.4, 0.5) is 0 Å². The third-order valence-electron chi connectivity index (χ3n) is 3.12. The van der Waals surface area contributed by atoms with E-state index in [1.165, 1.54) is 16.7 Å². The van der Waals surface area contributed by atoms with Gasteiger partial charge in [-0.3, -0.25) is 14.5 Å². The minimum atomic E-state index is -1.04. The predicted octanol–water partition coefficient (Wildman–Crippen LogP) is 1.42. The van der Waals surface area contributed by atoms with E-state index in [4.69, 9.17) is 14.6 Å². The number of rotatable bonds is 3. The summed E-state index contributed by atoms with van der Waals surface area (Å²) in [6.07, 6.45) is 0. The quantitative estimate of drug-likeness (QED) is 0.910. The first-order valence-electron chi connectivity index (χ1n) is 6.39. The molecule has 0 atom stereocenters. The first-order chi connectivity index (χ1) is 10.1. The van der Waals surface area contributed by atoms with Crippen LogP contribution in [0.1, 0.15) is 5.56 Å². The van der Waals surface area contributed by atoms with Crippen molar-refractivity contribution in [2.24, 2.45) is 0 Å². The fourth-order valence-corrected chi connectivity index (χ4v) is 3.01. The number of hydrogen-bond donors (Lipinski definition) is 1. The molecule has 6 nitrogen and oxygen atoms in total. The van der Waals surface area contributed by atoms with Crippen molar-refractivity contribution in [2.45, 2.75) is 0 Å². The van der Waals surface area contributed by atoms with Crippen LogP contribution >= 0.6 is 11.8 Å². The Morgan fingerprint density at radius 3 is 2.81 bits per heavy atom. The molecule has 2 aliphatic heterocycles. The van der Waals surface area contributed by atoms with Crippen LogP contribution in [-0.4, -0.2) is 47.4 Å². The van der Waals surface area contributed by atoms with Crippen LogP contribution < -0.4 is 9.47 Å². The SMILES string of the molecule is O=C(O)CN1C(=O)CSC=C1c1ccc2c(c1)OCCO2. The maximum Gasteiger partial charge on any atom is 0.323 e. The Bertz CT molecular complexity index is 628. The van der Waals surface area contributed by atoms with E-state index in [-0.39, 0.29) is 18.2 Å². The Morgan fingerprint density at radius 1 is 1.29 bits per heavy atom. The van der Waals surface area contributed by atoms with Gasteiger partial charge in [0.2, 0.25) is 5.91 Å². The number of carboxylic acid groups (broad SMARTS) is 1. The van der Waals surface area contributed by atoms with Gasteiger partial charge in [-0.05, 0) is 23.6 Å². The van der Waals surface area contributed by atoms with Crippen LogP contribution in [0.5, 0.6) is 11.5 Å². The summed E-state index contributed by atoms with van der Waals surface area (Å²) in [4.78, 5) is 24.2. The molecule has 2 heterocycles. The van der Waals surface area contributed by atoms with Crippen LogP contribution in [0.2, 0.25) is 0 Å². The van der Waals surface area contributed by atoms with Crippen molar-refractivity contribution >= 4 is 29.3 Å². The minimum Gasteiger partial charge on any atom is -0.486 e. The largest absolute Gasteiger partial charge is 0.486 e. The Hall–Kier alpha value is -2.15. The highest BCUT2D eigenvalue weighted by molar-refractivity contribution is 8.03. The van der Waals surface area contributed by atoms with Crippen molar-refractivity contribution < 1.29 is 24.2 Å². The number of nitrogens with zero attached hydrogens (tertiary/aromatic N) is 1. The van der Waals surface area contributed by atoms with E-state index in [0.29, 0.717) is 30.4 Å². The molecular formula is C14H13NO5S. The van der Waals surface area contributed by atoms with Gasteiger partial charge in [0.15, 0.2) is 11.5 Å². The monoisotopic (exact) mass is 307 g/mol. The van der Waals surface area contributed by atoms with Crippen LogP contribution in [-0.2, 0) is 9.59 Å². The van der Waals surface area contributed by atoms with Gasteiger partial charge in [0, 0.05) is 5.56 Å². The molecule has 1 aromatic rings. The van der Waals surface area contributed by atoms with Crippen LogP contribution in [0, 0.1) is 0 Å². The number of aliphatic carboxylic acids is 1. The van der Waals surface area contributed by atoms with Crippen LogP contribution in [0.15, 0.2) is 23.6 Å². The number of ether oxygens (including phenoxy) is 2. The molecule has 1 N–H and O–H groups in total. The third kappa shape index (κ3) is 2.82. The maximum absolute atomic E-state index is 11.9. The summed E-state index contributed by atoms with van der Waals surface area (Å²) >= 11 is 1.36. The lowest BCUT2D eigenvalue weighted by Gasteiger charge is -2.28. The summed E-state index contributed by atoms with van der Waals surface area (Å²) in [6, 6.07) is 5.34. The number of thioether (sulfide) groups is 1. The Balaban J connectivity index is 1.95. The molecule has 1 aromatic carbocycles. The number of benzene rings is 1. The van der Waals surface area contributed by atoms with Crippen molar-refractivity contribution in [3.63, 3.8) is 0 Å². The summed E-state index contributed by atoms with van der Waals surface area (Å²) in [5.74, 6) is 0.262. The number of amides is 1. The van der Waals surface area contributed by atoms with Gasteiger partial charge in [0.25, 0.3) is 0 Å². The number of carbonyl (C=O) groups is 2. The number of carbonyl (C=O) groups excluding carboxylic acids is 1. The zero-order valence-corrected chi connectivity index (χ0v) is 11.9. The molecule has 21 heavy (non-hydrogen) atoms. The summed E-state index contributed by atoms with van der Waals surface area (Å²) < 4.78 is 11.0. The molecule has 0 saturated carbocycles. The Labute approximate surface area is 125 Å². The van der Waals surface area contributed by atoms with E-state index in [2.05, 4.69) is 0 Å². The van der Waals surface area contributed by atoms with E-state index in [1.54, 1.807) is 23.6 Å².